The number of nitrogens with one attached hydrogen (secondary N) is 1. The second-order valence-corrected chi connectivity index (χ2v) is 10.2. The normalized spacial score (nSPS) is 19.4. The third kappa shape index (κ3) is 2.84. The molecule has 3 aromatic heterocycles. The highest BCUT2D eigenvalue weighted by atomic mass is 32.2. The number of nitrogens with zero attached hydrogens (tertiary/aromatic N) is 4. The van der Waals surface area contributed by atoms with Gasteiger partial charge in [-0.25, -0.2) is 20.8 Å². The van der Waals surface area contributed by atoms with Gasteiger partial charge >= 0.3 is 0 Å². The summed E-state index contributed by atoms with van der Waals surface area (Å²) in [6, 6.07) is 0. The third-order valence-electron chi connectivity index (χ3n) is 5.25. The zero-order chi connectivity index (χ0) is 18.6. The maximum atomic E-state index is 5.69. The summed E-state index contributed by atoms with van der Waals surface area (Å²) >= 11 is 3.63. The summed E-state index contributed by atoms with van der Waals surface area (Å²) in [5.74, 6) is 8.44. The van der Waals surface area contributed by atoms with Crippen molar-refractivity contribution in [1.82, 2.24) is 15.0 Å². The van der Waals surface area contributed by atoms with Crippen LogP contribution in [0.25, 0.3) is 20.4 Å². The van der Waals surface area contributed by atoms with Crippen LogP contribution in [0.2, 0.25) is 0 Å². The second kappa shape index (κ2) is 6.44. The molecule has 2 aliphatic heterocycles. The molecule has 27 heavy (non-hydrogen) atoms. The number of nitrogen functional groups attached to an aromatic ring is 1. The van der Waals surface area contributed by atoms with Crippen LogP contribution < -0.4 is 16.2 Å². The lowest BCUT2D eigenvalue weighted by atomic mass is 9.94. The SMILES string of the molecule is CC1(C)Cc2c(c(N3CCOCC3)nc3sc4c(NN)ncnc4c23)CS1. The minimum atomic E-state index is 0.194. The first kappa shape index (κ1) is 17.4. The molecule has 0 amide bonds. The molecule has 5 rings (SSSR count). The quantitative estimate of drug-likeness (QED) is 0.500. The Morgan fingerprint density at radius 1 is 1.22 bits per heavy atom. The van der Waals surface area contributed by atoms with E-state index in [0.29, 0.717) is 5.82 Å². The molecule has 0 aromatic carbocycles. The molecule has 0 radical (unpaired) electrons. The maximum absolute atomic E-state index is 5.69. The standard InChI is InChI=1S/C18H22N6OS2/c1-18(2)7-10-11(8-26-18)16(24-3-5-25-6-4-24)22-17-12(10)13-14(27-17)15(23-19)21-9-20-13/h9H,3-8,19H2,1-2H3,(H,20,21,23). The Morgan fingerprint density at radius 2 is 2.04 bits per heavy atom. The monoisotopic (exact) mass is 402 g/mol. The van der Waals surface area contributed by atoms with Gasteiger partial charge in [0.1, 0.15) is 17.0 Å². The van der Waals surface area contributed by atoms with Gasteiger partial charge in [0.2, 0.25) is 0 Å². The van der Waals surface area contributed by atoms with Gasteiger partial charge in [0.15, 0.2) is 5.82 Å². The van der Waals surface area contributed by atoms with Crippen LogP contribution in [-0.4, -0.2) is 46.0 Å². The van der Waals surface area contributed by atoms with Crippen LogP contribution in [0.5, 0.6) is 0 Å². The van der Waals surface area contributed by atoms with Gasteiger partial charge in [0, 0.05) is 34.5 Å². The summed E-state index contributed by atoms with van der Waals surface area (Å²) in [6.07, 6.45) is 2.58. The van der Waals surface area contributed by atoms with Crippen molar-refractivity contribution in [3.8, 4) is 0 Å². The first-order valence-corrected chi connectivity index (χ1v) is 10.9. The lowest BCUT2D eigenvalue weighted by Gasteiger charge is -2.35. The number of morpholine rings is 1. The molecular weight excluding hydrogens is 380 g/mol. The van der Waals surface area contributed by atoms with E-state index in [1.165, 1.54) is 16.5 Å². The molecule has 1 saturated heterocycles. The van der Waals surface area contributed by atoms with E-state index in [4.69, 9.17) is 15.6 Å². The summed E-state index contributed by atoms with van der Waals surface area (Å²) in [6.45, 7) is 7.92. The van der Waals surface area contributed by atoms with Gasteiger partial charge in [-0.15, -0.1) is 11.3 Å². The van der Waals surface area contributed by atoms with Crippen LogP contribution in [0.4, 0.5) is 11.6 Å². The highest BCUT2D eigenvalue weighted by Gasteiger charge is 2.33. The van der Waals surface area contributed by atoms with Crippen LogP contribution in [0, 0.1) is 0 Å². The summed E-state index contributed by atoms with van der Waals surface area (Å²) in [4.78, 5) is 17.4. The Balaban J connectivity index is 1.81. The highest BCUT2D eigenvalue weighted by molar-refractivity contribution is 7.99. The van der Waals surface area contributed by atoms with Crippen molar-refractivity contribution in [1.29, 1.82) is 0 Å². The molecule has 0 unspecified atom stereocenters. The van der Waals surface area contributed by atoms with Crippen LogP contribution in [0.1, 0.15) is 25.0 Å². The van der Waals surface area contributed by atoms with Gasteiger partial charge in [-0.3, -0.25) is 0 Å². The predicted octanol–water partition coefficient (Wildman–Crippen LogP) is 2.93. The van der Waals surface area contributed by atoms with E-state index in [-0.39, 0.29) is 4.75 Å². The molecule has 0 atom stereocenters. The van der Waals surface area contributed by atoms with E-state index >= 15 is 0 Å². The number of anilines is 2. The van der Waals surface area contributed by atoms with Gasteiger partial charge in [0.05, 0.1) is 23.4 Å². The molecule has 142 valence electrons. The molecule has 7 nitrogen and oxygen atoms in total. The van der Waals surface area contributed by atoms with Crippen molar-refractivity contribution in [2.75, 3.05) is 36.6 Å². The first-order valence-electron chi connectivity index (χ1n) is 9.09. The summed E-state index contributed by atoms with van der Waals surface area (Å²) in [5.41, 5.74) is 6.41. The van der Waals surface area contributed by atoms with E-state index in [0.717, 1.165) is 59.3 Å². The Bertz CT molecular complexity index is 1030. The van der Waals surface area contributed by atoms with Crippen molar-refractivity contribution in [2.24, 2.45) is 5.84 Å². The fraction of sp³-hybridized carbons (Fsp3) is 0.500. The van der Waals surface area contributed by atoms with Crippen LogP contribution in [0.3, 0.4) is 0 Å². The molecule has 0 aliphatic carbocycles. The lowest BCUT2D eigenvalue weighted by Crippen LogP contribution is -2.38. The molecule has 0 bridgehead atoms. The van der Waals surface area contributed by atoms with E-state index < -0.39 is 0 Å². The molecule has 9 heteroatoms. The number of hydrazine groups is 1. The number of rotatable bonds is 2. The number of thioether (sulfide) groups is 1. The minimum Gasteiger partial charge on any atom is -0.378 e. The number of hydrogen-bond donors (Lipinski definition) is 2. The molecular formula is C18H22N6OS2. The number of pyridine rings is 1. The van der Waals surface area contributed by atoms with Gasteiger partial charge in [-0.2, -0.15) is 11.8 Å². The minimum absolute atomic E-state index is 0.194. The third-order valence-corrected chi connectivity index (χ3v) is 7.69. The highest BCUT2D eigenvalue weighted by Crippen LogP contribution is 2.47. The van der Waals surface area contributed by atoms with E-state index in [1.54, 1.807) is 17.7 Å². The molecule has 3 N–H and O–H groups in total. The smallest absolute Gasteiger partial charge is 0.161 e. The van der Waals surface area contributed by atoms with E-state index in [1.807, 2.05) is 11.8 Å². The van der Waals surface area contributed by atoms with Gasteiger partial charge in [-0.05, 0) is 12.0 Å². The van der Waals surface area contributed by atoms with Crippen molar-refractivity contribution < 1.29 is 4.74 Å². The number of thiophene rings is 1. The average Bonchev–Trinajstić information content (AvgIpc) is 3.06. The average molecular weight is 403 g/mol. The van der Waals surface area contributed by atoms with Crippen LogP contribution in [-0.2, 0) is 16.9 Å². The molecule has 2 aliphatic rings. The number of hydrogen-bond acceptors (Lipinski definition) is 9. The van der Waals surface area contributed by atoms with Gasteiger partial charge < -0.3 is 15.1 Å². The number of nitrogens with two attached hydrogens (primary N) is 1. The fourth-order valence-electron chi connectivity index (χ4n) is 3.93. The van der Waals surface area contributed by atoms with Gasteiger partial charge in [0.25, 0.3) is 0 Å². The van der Waals surface area contributed by atoms with E-state index in [2.05, 4.69) is 34.1 Å². The first-order chi connectivity index (χ1) is 13.1. The van der Waals surface area contributed by atoms with Crippen molar-refractivity contribution in [3.63, 3.8) is 0 Å². The predicted molar refractivity (Wildman–Crippen MR) is 113 cm³/mol. The fourth-order valence-corrected chi connectivity index (χ4v) is 6.12. The second-order valence-electron chi connectivity index (χ2n) is 7.54. The number of aromatic nitrogens is 3. The number of fused-ring (bicyclic) bond motifs is 5. The van der Waals surface area contributed by atoms with Crippen molar-refractivity contribution in [3.05, 3.63) is 17.5 Å². The van der Waals surface area contributed by atoms with E-state index in [9.17, 15) is 0 Å². The molecule has 5 heterocycles. The molecule has 0 saturated carbocycles. The Labute approximate surface area is 165 Å². The summed E-state index contributed by atoms with van der Waals surface area (Å²) < 4.78 is 6.72. The maximum Gasteiger partial charge on any atom is 0.161 e. The topological polar surface area (TPSA) is 89.2 Å². The van der Waals surface area contributed by atoms with Crippen molar-refractivity contribution in [2.45, 2.75) is 30.8 Å². The Kier molecular flexibility index (Phi) is 4.15. The van der Waals surface area contributed by atoms with Crippen LogP contribution >= 0.6 is 23.1 Å². The zero-order valence-corrected chi connectivity index (χ0v) is 17.0. The van der Waals surface area contributed by atoms with Crippen molar-refractivity contribution >= 4 is 55.2 Å². The largest absolute Gasteiger partial charge is 0.378 e. The lowest BCUT2D eigenvalue weighted by molar-refractivity contribution is 0.122. The zero-order valence-electron chi connectivity index (χ0n) is 15.4. The van der Waals surface area contributed by atoms with Gasteiger partial charge in [-0.1, -0.05) is 13.8 Å². The van der Waals surface area contributed by atoms with Crippen LogP contribution in [0.15, 0.2) is 6.33 Å². The molecule has 1 fully saturated rings. The Hall–Kier alpha value is -1.68. The summed E-state index contributed by atoms with van der Waals surface area (Å²) in [5, 5.41) is 1.18. The molecule has 3 aromatic rings. The molecule has 0 spiro atoms. The summed E-state index contributed by atoms with van der Waals surface area (Å²) in [7, 11) is 0. The Morgan fingerprint density at radius 3 is 2.81 bits per heavy atom. The number of ether oxygens (including phenoxy) is 1.